The highest BCUT2D eigenvalue weighted by atomic mass is 35.5. The van der Waals surface area contributed by atoms with Gasteiger partial charge in [0.15, 0.2) is 0 Å². The SMILES string of the molecule is O=C(NNC(=O)C1CCCO1)Nc1ccc(Cl)cc1. The molecule has 1 unspecified atom stereocenters. The molecule has 7 heteroatoms. The largest absolute Gasteiger partial charge is 0.368 e. The maximum Gasteiger partial charge on any atom is 0.337 e. The fraction of sp³-hybridized carbons (Fsp3) is 0.333. The van der Waals surface area contributed by atoms with Crippen LogP contribution in [0.4, 0.5) is 10.5 Å². The summed E-state index contributed by atoms with van der Waals surface area (Å²) in [7, 11) is 0. The first-order valence-electron chi connectivity index (χ1n) is 5.89. The van der Waals surface area contributed by atoms with Gasteiger partial charge in [-0.15, -0.1) is 0 Å². The zero-order valence-electron chi connectivity index (χ0n) is 10.1. The van der Waals surface area contributed by atoms with E-state index in [1.807, 2.05) is 0 Å². The molecule has 1 aliphatic heterocycles. The summed E-state index contributed by atoms with van der Waals surface area (Å²) in [4.78, 5) is 23.1. The second-order valence-electron chi connectivity index (χ2n) is 4.08. The number of hydrazine groups is 1. The van der Waals surface area contributed by atoms with Crippen molar-refractivity contribution in [3.8, 4) is 0 Å². The molecule has 1 aliphatic rings. The van der Waals surface area contributed by atoms with E-state index in [4.69, 9.17) is 16.3 Å². The molecule has 3 N–H and O–H groups in total. The molecule has 1 aromatic carbocycles. The Morgan fingerprint density at radius 2 is 1.95 bits per heavy atom. The van der Waals surface area contributed by atoms with E-state index in [9.17, 15) is 9.59 Å². The quantitative estimate of drug-likeness (QED) is 0.723. The van der Waals surface area contributed by atoms with Crippen LogP contribution >= 0.6 is 11.6 Å². The average molecular weight is 284 g/mol. The van der Waals surface area contributed by atoms with Crippen molar-refractivity contribution in [2.24, 2.45) is 0 Å². The highest BCUT2D eigenvalue weighted by molar-refractivity contribution is 6.30. The van der Waals surface area contributed by atoms with Crippen molar-refractivity contribution in [3.05, 3.63) is 29.3 Å². The summed E-state index contributed by atoms with van der Waals surface area (Å²) in [5.41, 5.74) is 5.14. The van der Waals surface area contributed by atoms with Gasteiger partial charge in [0, 0.05) is 17.3 Å². The van der Waals surface area contributed by atoms with E-state index in [2.05, 4.69) is 16.2 Å². The van der Waals surface area contributed by atoms with Crippen LogP contribution in [-0.2, 0) is 9.53 Å². The van der Waals surface area contributed by atoms with Crippen molar-refractivity contribution < 1.29 is 14.3 Å². The maximum absolute atomic E-state index is 11.6. The zero-order chi connectivity index (χ0) is 13.7. The Balaban J connectivity index is 1.75. The molecule has 0 saturated carbocycles. The van der Waals surface area contributed by atoms with Gasteiger partial charge in [0.2, 0.25) is 0 Å². The van der Waals surface area contributed by atoms with E-state index in [1.165, 1.54) is 0 Å². The molecule has 0 radical (unpaired) electrons. The lowest BCUT2D eigenvalue weighted by atomic mass is 10.2. The lowest BCUT2D eigenvalue weighted by Gasteiger charge is -2.12. The Bertz CT molecular complexity index is 458. The first kappa shape index (κ1) is 13.6. The zero-order valence-corrected chi connectivity index (χ0v) is 10.9. The van der Waals surface area contributed by atoms with Gasteiger partial charge in [-0.25, -0.2) is 10.2 Å². The van der Waals surface area contributed by atoms with E-state index in [-0.39, 0.29) is 5.91 Å². The molecule has 1 saturated heterocycles. The van der Waals surface area contributed by atoms with Gasteiger partial charge in [-0.2, -0.15) is 0 Å². The van der Waals surface area contributed by atoms with Crippen molar-refractivity contribution in [1.29, 1.82) is 0 Å². The van der Waals surface area contributed by atoms with Gasteiger partial charge in [0.05, 0.1) is 0 Å². The summed E-state index contributed by atoms with van der Waals surface area (Å²) in [5, 5.41) is 3.13. The molecule has 1 aromatic rings. The Hall–Kier alpha value is -1.79. The number of carbonyl (C=O) groups is 2. The summed E-state index contributed by atoms with van der Waals surface area (Å²) in [6.45, 7) is 0.578. The summed E-state index contributed by atoms with van der Waals surface area (Å²) in [5.74, 6) is -0.344. The van der Waals surface area contributed by atoms with Crippen molar-refractivity contribution in [1.82, 2.24) is 10.9 Å². The highest BCUT2D eigenvalue weighted by Gasteiger charge is 2.23. The molecule has 6 nitrogen and oxygen atoms in total. The van der Waals surface area contributed by atoms with Gasteiger partial charge in [-0.3, -0.25) is 10.2 Å². The predicted molar refractivity (Wildman–Crippen MR) is 70.7 cm³/mol. The minimum Gasteiger partial charge on any atom is -0.368 e. The van der Waals surface area contributed by atoms with Gasteiger partial charge < -0.3 is 10.1 Å². The van der Waals surface area contributed by atoms with Crippen LogP contribution in [-0.4, -0.2) is 24.6 Å². The topological polar surface area (TPSA) is 79.5 Å². The smallest absolute Gasteiger partial charge is 0.337 e. The first-order valence-corrected chi connectivity index (χ1v) is 6.27. The lowest BCUT2D eigenvalue weighted by molar-refractivity contribution is -0.130. The molecule has 0 aliphatic carbocycles. The fourth-order valence-electron chi connectivity index (χ4n) is 1.68. The van der Waals surface area contributed by atoms with Crippen molar-refractivity contribution in [2.45, 2.75) is 18.9 Å². The number of carbonyl (C=O) groups excluding carboxylic acids is 2. The standard InChI is InChI=1S/C12H14ClN3O3/c13-8-3-5-9(6-4-8)14-12(18)16-15-11(17)10-2-1-7-19-10/h3-6,10H,1-2,7H2,(H,15,17)(H2,14,16,18). The van der Waals surface area contributed by atoms with Gasteiger partial charge >= 0.3 is 6.03 Å². The average Bonchev–Trinajstić information content (AvgIpc) is 2.93. The molecule has 2 rings (SSSR count). The second-order valence-corrected chi connectivity index (χ2v) is 4.51. The predicted octanol–water partition coefficient (Wildman–Crippen LogP) is 1.67. The molecule has 102 valence electrons. The first-order chi connectivity index (χ1) is 9.15. The van der Waals surface area contributed by atoms with Gasteiger partial charge in [0.25, 0.3) is 5.91 Å². The number of nitrogens with one attached hydrogen (secondary N) is 3. The van der Waals surface area contributed by atoms with Crippen molar-refractivity contribution >= 4 is 29.2 Å². The number of amides is 3. The molecule has 0 spiro atoms. The number of benzene rings is 1. The normalized spacial score (nSPS) is 17.8. The van der Waals surface area contributed by atoms with Gasteiger partial charge in [0.1, 0.15) is 6.10 Å². The summed E-state index contributed by atoms with van der Waals surface area (Å²) in [6, 6.07) is 6.09. The third-order valence-corrected chi connectivity index (χ3v) is 2.88. The third kappa shape index (κ3) is 4.11. The van der Waals surface area contributed by atoms with Crippen LogP contribution in [0.5, 0.6) is 0 Å². The van der Waals surface area contributed by atoms with Crippen molar-refractivity contribution in [2.75, 3.05) is 11.9 Å². The number of hydrogen-bond donors (Lipinski definition) is 3. The second kappa shape index (κ2) is 6.40. The number of ether oxygens (including phenoxy) is 1. The summed E-state index contributed by atoms with van der Waals surface area (Å²) < 4.78 is 5.18. The minimum absolute atomic E-state index is 0.344. The lowest BCUT2D eigenvalue weighted by Crippen LogP contribution is -2.47. The fourth-order valence-corrected chi connectivity index (χ4v) is 1.80. The molecule has 1 atom stereocenters. The molecule has 1 fully saturated rings. The van der Waals surface area contributed by atoms with E-state index in [1.54, 1.807) is 24.3 Å². The van der Waals surface area contributed by atoms with Crippen molar-refractivity contribution in [3.63, 3.8) is 0 Å². The van der Waals surface area contributed by atoms with E-state index < -0.39 is 12.1 Å². The van der Waals surface area contributed by atoms with Crippen LogP contribution in [0.15, 0.2) is 24.3 Å². The number of urea groups is 1. The van der Waals surface area contributed by atoms with Crippen LogP contribution in [0.3, 0.4) is 0 Å². The minimum atomic E-state index is -0.534. The Labute approximate surface area is 115 Å². The van der Waals surface area contributed by atoms with E-state index in [0.29, 0.717) is 23.7 Å². The molecule has 3 amide bonds. The number of halogens is 1. The number of anilines is 1. The summed E-state index contributed by atoms with van der Waals surface area (Å²) >= 11 is 5.72. The van der Waals surface area contributed by atoms with Gasteiger partial charge in [-0.1, -0.05) is 11.6 Å². The van der Waals surface area contributed by atoms with Crippen LogP contribution in [0.2, 0.25) is 5.02 Å². The van der Waals surface area contributed by atoms with Crippen LogP contribution in [0.1, 0.15) is 12.8 Å². The van der Waals surface area contributed by atoms with Crippen LogP contribution in [0, 0.1) is 0 Å². The maximum atomic E-state index is 11.6. The van der Waals surface area contributed by atoms with E-state index in [0.717, 1.165) is 6.42 Å². The van der Waals surface area contributed by atoms with Crippen LogP contribution < -0.4 is 16.2 Å². The molecular formula is C12H14ClN3O3. The Morgan fingerprint density at radius 3 is 2.58 bits per heavy atom. The molecular weight excluding hydrogens is 270 g/mol. The van der Waals surface area contributed by atoms with E-state index >= 15 is 0 Å². The third-order valence-electron chi connectivity index (χ3n) is 2.62. The molecule has 19 heavy (non-hydrogen) atoms. The summed E-state index contributed by atoms with van der Waals surface area (Å²) in [6.07, 6.45) is 1.05. The monoisotopic (exact) mass is 283 g/mol. The Kier molecular flexibility index (Phi) is 4.59. The molecule has 1 heterocycles. The highest BCUT2D eigenvalue weighted by Crippen LogP contribution is 2.13. The molecule has 0 aromatic heterocycles. The number of hydrogen-bond acceptors (Lipinski definition) is 3. The van der Waals surface area contributed by atoms with Gasteiger partial charge in [-0.05, 0) is 37.1 Å². The molecule has 0 bridgehead atoms. The Morgan fingerprint density at radius 1 is 1.21 bits per heavy atom. The van der Waals surface area contributed by atoms with Crippen LogP contribution in [0.25, 0.3) is 0 Å². The number of rotatable bonds is 2.